The molecule has 0 unspecified atom stereocenters. The minimum Gasteiger partial charge on any atom is -0.496 e. The van der Waals surface area contributed by atoms with Crippen LogP contribution in [-0.4, -0.2) is 31.1 Å². The first-order valence-corrected chi connectivity index (χ1v) is 7.70. The number of likely N-dealkylation sites (tertiary alicyclic amines) is 1. The average Bonchev–Trinajstić information content (AvgIpc) is 2.41. The lowest BCUT2D eigenvalue weighted by Crippen LogP contribution is -2.39. The van der Waals surface area contributed by atoms with Gasteiger partial charge < -0.3 is 10.5 Å². The van der Waals surface area contributed by atoms with Crippen molar-refractivity contribution in [3.05, 3.63) is 28.2 Å². The summed E-state index contributed by atoms with van der Waals surface area (Å²) in [6.07, 6.45) is 2.41. The van der Waals surface area contributed by atoms with E-state index in [1.54, 1.807) is 7.11 Å². The van der Waals surface area contributed by atoms with Gasteiger partial charge in [-0.3, -0.25) is 4.90 Å². The van der Waals surface area contributed by atoms with E-state index in [1.165, 1.54) is 18.4 Å². The van der Waals surface area contributed by atoms with Crippen LogP contribution in [0.25, 0.3) is 0 Å². The maximum Gasteiger partial charge on any atom is 0.124 e. The van der Waals surface area contributed by atoms with E-state index in [0.717, 1.165) is 29.9 Å². The third-order valence-corrected chi connectivity index (χ3v) is 4.51. The van der Waals surface area contributed by atoms with Crippen molar-refractivity contribution in [2.75, 3.05) is 20.2 Å². The molecule has 0 aliphatic carbocycles. The Bertz CT molecular complexity index is 415. The molecule has 2 N–H and O–H groups in total. The molecule has 4 heteroatoms. The van der Waals surface area contributed by atoms with Gasteiger partial charge in [0.05, 0.1) is 7.11 Å². The van der Waals surface area contributed by atoms with E-state index in [4.69, 9.17) is 10.5 Å². The van der Waals surface area contributed by atoms with Gasteiger partial charge in [0.2, 0.25) is 0 Å². The second kappa shape index (κ2) is 6.73. The molecule has 1 aliphatic heterocycles. The van der Waals surface area contributed by atoms with Gasteiger partial charge >= 0.3 is 0 Å². The van der Waals surface area contributed by atoms with E-state index in [2.05, 4.69) is 39.9 Å². The van der Waals surface area contributed by atoms with E-state index in [1.807, 2.05) is 6.07 Å². The van der Waals surface area contributed by atoms with Crippen LogP contribution in [0, 0.1) is 5.92 Å². The average molecular weight is 327 g/mol. The summed E-state index contributed by atoms with van der Waals surface area (Å²) < 4.78 is 6.51. The van der Waals surface area contributed by atoms with Crippen LogP contribution < -0.4 is 10.5 Å². The molecule has 1 saturated heterocycles. The number of methoxy groups -OCH3 is 1. The summed E-state index contributed by atoms with van der Waals surface area (Å²) in [5.41, 5.74) is 7.24. The fraction of sp³-hybridized carbons (Fsp3) is 0.600. The van der Waals surface area contributed by atoms with Crippen LogP contribution in [0.2, 0.25) is 0 Å². The van der Waals surface area contributed by atoms with E-state index >= 15 is 0 Å². The van der Waals surface area contributed by atoms with Crippen LogP contribution in [0.4, 0.5) is 0 Å². The number of benzene rings is 1. The third kappa shape index (κ3) is 3.94. The molecule has 1 heterocycles. The molecule has 1 aromatic carbocycles. The Morgan fingerprint density at radius 1 is 1.42 bits per heavy atom. The van der Waals surface area contributed by atoms with Crippen molar-refractivity contribution in [1.29, 1.82) is 0 Å². The lowest BCUT2D eigenvalue weighted by atomic mass is 9.91. The van der Waals surface area contributed by atoms with Crippen LogP contribution in [0.15, 0.2) is 22.7 Å². The van der Waals surface area contributed by atoms with E-state index in [-0.39, 0.29) is 0 Å². The lowest BCUT2D eigenvalue weighted by molar-refractivity contribution is 0.164. The first-order valence-electron chi connectivity index (χ1n) is 6.90. The number of hydrogen-bond acceptors (Lipinski definition) is 3. The summed E-state index contributed by atoms with van der Waals surface area (Å²) in [5, 5.41) is 0. The second-order valence-electron chi connectivity index (χ2n) is 5.43. The highest BCUT2D eigenvalue weighted by Gasteiger charge is 2.22. The van der Waals surface area contributed by atoms with Gasteiger partial charge in [-0.1, -0.05) is 22.0 Å². The molecule has 0 bridgehead atoms. The van der Waals surface area contributed by atoms with Crippen molar-refractivity contribution >= 4 is 15.9 Å². The van der Waals surface area contributed by atoms with Gasteiger partial charge in [0.25, 0.3) is 0 Å². The number of halogens is 1. The molecule has 0 spiro atoms. The summed E-state index contributed by atoms with van der Waals surface area (Å²) >= 11 is 3.48. The van der Waals surface area contributed by atoms with Crippen molar-refractivity contribution in [2.45, 2.75) is 32.4 Å². The van der Waals surface area contributed by atoms with Crippen molar-refractivity contribution < 1.29 is 4.74 Å². The van der Waals surface area contributed by atoms with Crippen molar-refractivity contribution in [1.82, 2.24) is 4.90 Å². The highest BCUT2D eigenvalue weighted by atomic mass is 79.9. The molecule has 1 atom stereocenters. The Kier molecular flexibility index (Phi) is 5.25. The summed E-state index contributed by atoms with van der Waals surface area (Å²) in [7, 11) is 1.73. The Labute approximate surface area is 124 Å². The summed E-state index contributed by atoms with van der Waals surface area (Å²) in [6.45, 7) is 5.34. The summed E-state index contributed by atoms with van der Waals surface area (Å²) in [6, 6.07) is 6.57. The Morgan fingerprint density at radius 3 is 2.68 bits per heavy atom. The number of nitrogens with zero attached hydrogens (tertiary/aromatic N) is 1. The molecule has 1 aromatic rings. The molecule has 0 amide bonds. The molecule has 1 aliphatic rings. The van der Waals surface area contributed by atoms with Gasteiger partial charge in [0, 0.05) is 22.6 Å². The fourth-order valence-electron chi connectivity index (χ4n) is 2.73. The minimum atomic E-state index is 0.323. The SMILES string of the molecule is COc1cc(Br)ccc1CN1CCC([C@H](C)N)CC1. The predicted molar refractivity (Wildman–Crippen MR) is 82.3 cm³/mol. The van der Waals surface area contributed by atoms with Crippen molar-refractivity contribution in [2.24, 2.45) is 11.7 Å². The van der Waals surface area contributed by atoms with E-state index < -0.39 is 0 Å². The molecule has 19 heavy (non-hydrogen) atoms. The van der Waals surface area contributed by atoms with Gasteiger partial charge in [0.1, 0.15) is 5.75 Å². The third-order valence-electron chi connectivity index (χ3n) is 4.02. The fourth-order valence-corrected chi connectivity index (χ4v) is 3.07. The summed E-state index contributed by atoms with van der Waals surface area (Å²) in [4.78, 5) is 2.49. The van der Waals surface area contributed by atoms with Gasteiger partial charge in [0.15, 0.2) is 0 Å². The predicted octanol–water partition coefficient (Wildman–Crippen LogP) is 3.02. The molecule has 0 aromatic heterocycles. The zero-order valence-corrected chi connectivity index (χ0v) is 13.3. The highest BCUT2D eigenvalue weighted by Crippen LogP contribution is 2.27. The molecular weight excluding hydrogens is 304 g/mol. The Hall–Kier alpha value is -0.580. The first kappa shape index (κ1) is 14.8. The van der Waals surface area contributed by atoms with Crippen LogP contribution in [0.5, 0.6) is 5.75 Å². The zero-order valence-electron chi connectivity index (χ0n) is 11.7. The first-order chi connectivity index (χ1) is 9.10. The van der Waals surface area contributed by atoms with Crippen LogP contribution in [0.1, 0.15) is 25.3 Å². The number of piperidine rings is 1. The van der Waals surface area contributed by atoms with Crippen LogP contribution in [0.3, 0.4) is 0 Å². The smallest absolute Gasteiger partial charge is 0.124 e. The number of nitrogens with two attached hydrogens (primary N) is 1. The molecule has 106 valence electrons. The zero-order chi connectivity index (χ0) is 13.8. The second-order valence-corrected chi connectivity index (χ2v) is 6.34. The molecule has 2 rings (SSSR count). The van der Waals surface area contributed by atoms with E-state index in [0.29, 0.717) is 12.0 Å². The molecule has 0 saturated carbocycles. The summed E-state index contributed by atoms with van der Waals surface area (Å²) in [5.74, 6) is 1.65. The van der Waals surface area contributed by atoms with Crippen molar-refractivity contribution in [3.63, 3.8) is 0 Å². The minimum absolute atomic E-state index is 0.323. The number of ether oxygens (including phenoxy) is 1. The van der Waals surface area contributed by atoms with Gasteiger partial charge in [-0.15, -0.1) is 0 Å². The van der Waals surface area contributed by atoms with E-state index in [9.17, 15) is 0 Å². The van der Waals surface area contributed by atoms with Crippen LogP contribution in [-0.2, 0) is 6.54 Å². The van der Waals surface area contributed by atoms with Gasteiger partial charge in [-0.05, 0) is 50.9 Å². The number of rotatable bonds is 4. The quantitative estimate of drug-likeness (QED) is 0.924. The largest absolute Gasteiger partial charge is 0.496 e. The number of hydrogen-bond donors (Lipinski definition) is 1. The van der Waals surface area contributed by atoms with Gasteiger partial charge in [-0.2, -0.15) is 0 Å². The lowest BCUT2D eigenvalue weighted by Gasteiger charge is -2.33. The molecule has 0 radical (unpaired) electrons. The maximum atomic E-state index is 5.98. The topological polar surface area (TPSA) is 38.5 Å². The standard InChI is InChI=1S/C15H23BrN2O/c1-11(17)12-5-7-18(8-6-12)10-13-3-4-14(16)9-15(13)19-2/h3-4,9,11-12H,5-8,10,17H2,1-2H3/t11-/m0/s1. The highest BCUT2D eigenvalue weighted by molar-refractivity contribution is 9.10. The Balaban J connectivity index is 1.95. The molecule has 3 nitrogen and oxygen atoms in total. The van der Waals surface area contributed by atoms with Crippen LogP contribution >= 0.6 is 15.9 Å². The monoisotopic (exact) mass is 326 g/mol. The Morgan fingerprint density at radius 2 is 2.11 bits per heavy atom. The molecular formula is C15H23BrN2O. The van der Waals surface area contributed by atoms with Crippen molar-refractivity contribution in [3.8, 4) is 5.75 Å². The molecule has 1 fully saturated rings. The normalized spacial score (nSPS) is 19.4. The van der Waals surface area contributed by atoms with Gasteiger partial charge in [-0.25, -0.2) is 0 Å². The maximum absolute atomic E-state index is 5.98.